The smallest absolute Gasteiger partial charge is 0.418 e. The number of nitrogens with one attached hydrogen (secondary N) is 1. The van der Waals surface area contributed by atoms with Crippen LogP contribution >= 0.6 is 23.2 Å². The van der Waals surface area contributed by atoms with Gasteiger partial charge in [-0.2, -0.15) is 13.2 Å². The Balaban J connectivity index is 1.60. The largest absolute Gasteiger partial charge is 0.456 e. The van der Waals surface area contributed by atoms with Crippen LogP contribution in [0.1, 0.15) is 84.7 Å². The highest BCUT2D eigenvalue weighted by molar-refractivity contribution is 6.37. The summed E-state index contributed by atoms with van der Waals surface area (Å²) in [7, 11) is 0. The monoisotopic (exact) mass is 537 g/mol. The van der Waals surface area contributed by atoms with Crippen molar-refractivity contribution < 1.29 is 22.4 Å². The van der Waals surface area contributed by atoms with Crippen molar-refractivity contribution in [1.29, 1.82) is 0 Å². The number of aryl methyl sites for hydroxylation is 1. The fourth-order valence-electron chi connectivity index (χ4n) is 4.84. The van der Waals surface area contributed by atoms with E-state index in [1.165, 1.54) is 17.2 Å². The zero-order valence-corrected chi connectivity index (χ0v) is 22.3. The van der Waals surface area contributed by atoms with Gasteiger partial charge in [0.05, 0.1) is 16.3 Å². The highest BCUT2D eigenvalue weighted by Crippen LogP contribution is 2.47. The Morgan fingerprint density at radius 3 is 2.22 bits per heavy atom. The summed E-state index contributed by atoms with van der Waals surface area (Å²) in [6.45, 7) is 11.1. The molecule has 0 atom stereocenters. The molecule has 0 fully saturated rings. The standard InChI is InChI=1S/C28H28Cl2F3NO2/c1-15-10-19-20(27(4,5)9-8-26(19,2)3)12-16(15)11-18-6-7-23(36-18)25(35)34-24-21(28(31,32)33)13-17(29)14-22(24)30/h6-7,10,12-14H,8-9,11H2,1-5H3,(H,34,35). The molecule has 1 heterocycles. The lowest BCUT2D eigenvalue weighted by molar-refractivity contribution is -0.136. The number of halogens is 5. The van der Waals surface area contributed by atoms with Gasteiger partial charge in [-0.1, -0.05) is 63.0 Å². The number of benzene rings is 2. The second-order valence-corrected chi connectivity index (χ2v) is 11.6. The quantitative estimate of drug-likeness (QED) is 0.360. The zero-order valence-electron chi connectivity index (χ0n) is 20.8. The maximum Gasteiger partial charge on any atom is 0.418 e. The Hall–Kier alpha value is -2.44. The van der Waals surface area contributed by atoms with Gasteiger partial charge in [0.1, 0.15) is 5.76 Å². The summed E-state index contributed by atoms with van der Waals surface area (Å²) in [6, 6.07) is 9.46. The predicted octanol–water partition coefficient (Wildman–Crippen LogP) is 9.11. The summed E-state index contributed by atoms with van der Waals surface area (Å²) in [5, 5.41) is 1.74. The molecular weight excluding hydrogens is 510 g/mol. The van der Waals surface area contributed by atoms with Gasteiger partial charge >= 0.3 is 6.18 Å². The number of amides is 1. The minimum Gasteiger partial charge on any atom is -0.456 e. The van der Waals surface area contributed by atoms with E-state index in [1.807, 2.05) is 0 Å². The van der Waals surface area contributed by atoms with Gasteiger partial charge in [0, 0.05) is 11.4 Å². The molecule has 36 heavy (non-hydrogen) atoms. The molecule has 1 aliphatic rings. The fraction of sp³-hybridized carbons (Fsp3) is 0.393. The summed E-state index contributed by atoms with van der Waals surface area (Å²) in [4.78, 5) is 12.7. The molecule has 3 aromatic rings. The van der Waals surface area contributed by atoms with Gasteiger partial charge in [-0.25, -0.2) is 0 Å². The molecule has 2 aromatic carbocycles. The molecule has 0 aliphatic heterocycles. The lowest BCUT2D eigenvalue weighted by Gasteiger charge is -2.42. The molecule has 0 bridgehead atoms. The van der Waals surface area contributed by atoms with E-state index in [4.69, 9.17) is 27.6 Å². The lowest BCUT2D eigenvalue weighted by atomic mass is 9.62. The van der Waals surface area contributed by atoms with E-state index >= 15 is 0 Å². The van der Waals surface area contributed by atoms with Crippen LogP contribution in [0.5, 0.6) is 0 Å². The van der Waals surface area contributed by atoms with E-state index in [1.54, 1.807) is 6.07 Å². The van der Waals surface area contributed by atoms with E-state index in [0.29, 0.717) is 12.2 Å². The maximum atomic E-state index is 13.5. The molecule has 3 nitrogen and oxygen atoms in total. The van der Waals surface area contributed by atoms with Crippen molar-refractivity contribution in [3.8, 4) is 0 Å². The number of rotatable bonds is 4. The zero-order chi connectivity index (χ0) is 26.6. The van der Waals surface area contributed by atoms with E-state index in [2.05, 4.69) is 52.1 Å². The van der Waals surface area contributed by atoms with Crippen LogP contribution in [-0.2, 0) is 23.4 Å². The molecule has 0 spiro atoms. The topological polar surface area (TPSA) is 42.2 Å². The number of carbonyl (C=O) groups is 1. The second kappa shape index (κ2) is 9.14. The van der Waals surface area contributed by atoms with Crippen LogP contribution < -0.4 is 5.32 Å². The average Bonchev–Trinajstić information content (AvgIpc) is 3.22. The minimum atomic E-state index is -4.75. The van der Waals surface area contributed by atoms with Gasteiger partial charge in [0.15, 0.2) is 5.76 Å². The normalized spacial score (nSPS) is 16.5. The van der Waals surface area contributed by atoms with Crippen LogP contribution in [0, 0.1) is 6.92 Å². The van der Waals surface area contributed by atoms with E-state index in [9.17, 15) is 18.0 Å². The molecule has 1 aliphatic carbocycles. The van der Waals surface area contributed by atoms with Crippen molar-refractivity contribution >= 4 is 34.8 Å². The Kier molecular flexibility index (Phi) is 6.76. The number of anilines is 1. The Labute approximate surface area is 219 Å². The summed E-state index contributed by atoms with van der Waals surface area (Å²) >= 11 is 11.7. The van der Waals surface area contributed by atoms with Crippen molar-refractivity contribution in [1.82, 2.24) is 0 Å². The molecule has 0 radical (unpaired) electrons. The third kappa shape index (κ3) is 5.16. The molecule has 1 aromatic heterocycles. The van der Waals surface area contributed by atoms with Crippen molar-refractivity contribution in [3.63, 3.8) is 0 Å². The van der Waals surface area contributed by atoms with Gasteiger partial charge in [0.2, 0.25) is 0 Å². The highest BCUT2D eigenvalue weighted by atomic mass is 35.5. The van der Waals surface area contributed by atoms with Crippen molar-refractivity contribution in [2.24, 2.45) is 0 Å². The molecule has 8 heteroatoms. The molecule has 1 amide bonds. The Bertz CT molecular complexity index is 1340. The first-order valence-electron chi connectivity index (χ1n) is 11.7. The van der Waals surface area contributed by atoms with Crippen molar-refractivity contribution in [2.45, 2.75) is 70.9 Å². The Morgan fingerprint density at radius 1 is 1.00 bits per heavy atom. The number of furan rings is 1. The van der Waals surface area contributed by atoms with Crippen LogP contribution in [0.15, 0.2) is 40.8 Å². The van der Waals surface area contributed by atoms with Crippen molar-refractivity contribution in [2.75, 3.05) is 5.32 Å². The van der Waals surface area contributed by atoms with Gasteiger partial charge in [-0.15, -0.1) is 0 Å². The van der Waals surface area contributed by atoms with Crippen LogP contribution in [0.2, 0.25) is 10.0 Å². The van der Waals surface area contributed by atoms with E-state index in [-0.39, 0.29) is 26.6 Å². The van der Waals surface area contributed by atoms with Gasteiger partial charge in [0.25, 0.3) is 5.91 Å². The second-order valence-electron chi connectivity index (χ2n) is 10.8. The molecular formula is C28H28Cl2F3NO2. The summed E-state index contributed by atoms with van der Waals surface area (Å²) in [5.41, 5.74) is 3.35. The minimum absolute atomic E-state index is 0.0511. The number of alkyl halides is 3. The van der Waals surface area contributed by atoms with Crippen LogP contribution in [0.4, 0.5) is 18.9 Å². The van der Waals surface area contributed by atoms with Gasteiger partial charge in [-0.3, -0.25) is 4.79 Å². The van der Waals surface area contributed by atoms with E-state index < -0.39 is 23.3 Å². The molecule has 0 saturated heterocycles. The first-order chi connectivity index (χ1) is 16.6. The fourth-order valence-corrected chi connectivity index (χ4v) is 5.38. The number of hydrogen-bond donors (Lipinski definition) is 1. The third-order valence-corrected chi connectivity index (χ3v) is 7.67. The van der Waals surface area contributed by atoms with Crippen LogP contribution in [0.3, 0.4) is 0 Å². The van der Waals surface area contributed by atoms with Gasteiger partial charge in [-0.05, 0) is 77.1 Å². The van der Waals surface area contributed by atoms with Crippen LogP contribution in [-0.4, -0.2) is 5.91 Å². The summed E-state index contributed by atoms with van der Waals surface area (Å²) < 4.78 is 46.2. The Morgan fingerprint density at radius 2 is 1.61 bits per heavy atom. The average molecular weight is 538 g/mol. The van der Waals surface area contributed by atoms with Crippen LogP contribution in [0.25, 0.3) is 0 Å². The van der Waals surface area contributed by atoms with E-state index in [0.717, 1.165) is 36.1 Å². The number of fused-ring (bicyclic) bond motifs is 1. The molecule has 192 valence electrons. The summed E-state index contributed by atoms with van der Waals surface area (Å²) in [6.07, 6.45) is -2.08. The predicted molar refractivity (Wildman–Crippen MR) is 137 cm³/mol. The lowest BCUT2D eigenvalue weighted by Crippen LogP contribution is -2.34. The molecule has 4 rings (SSSR count). The third-order valence-electron chi connectivity index (χ3n) is 7.16. The molecule has 0 unspecified atom stereocenters. The first-order valence-corrected chi connectivity index (χ1v) is 12.4. The summed E-state index contributed by atoms with van der Waals surface area (Å²) in [5.74, 6) is -0.406. The SMILES string of the molecule is Cc1cc2c(cc1Cc1ccc(C(=O)Nc3c(Cl)cc(Cl)cc3C(F)(F)F)o1)C(C)(C)CCC2(C)C. The molecule has 1 N–H and O–H groups in total. The molecule has 0 saturated carbocycles. The first kappa shape index (κ1) is 26.6. The van der Waals surface area contributed by atoms with Gasteiger partial charge < -0.3 is 9.73 Å². The highest BCUT2D eigenvalue weighted by Gasteiger charge is 2.38. The maximum absolute atomic E-state index is 13.5. The number of hydrogen-bond acceptors (Lipinski definition) is 2. The van der Waals surface area contributed by atoms with Crippen molar-refractivity contribution in [3.05, 3.63) is 85.8 Å². The number of carbonyl (C=O) groups excluding carboxylic acids is 1.